The third kappa shape index (κ3) is 6.08. The monoisotopic (exact) mass is 527 g/mol. The van der Waals surface area contributed by atoms with Crippen molar-refractivity contribution in [3.8, 4) is 5.88 Å². The van der Waals surface area contributed by atoms with Gasteiger partial charge in [-0.15, -0.1) is 0 Å². The van der Waals surface area contributed by atoms with Crippen molar-refractivity contribution in [1.82, 2.24) is 15.0 Å². The Bertz CT molecular complexity index is 1370. The molecule has 0 unspecified atom stereocenters. The first-order chi connectivity index (χ1) is 17.8. The van der Waals surface area contributed by atoms with Crippen LogP contribution in [0.2, 0.25) is 0 Å². The molecule has 1 atom stereocenters. The number of pyridine rings is 1. The summed E-state index contributed by atoms with van der Waals surface area (Å²) in [6.07, 6.45) is 2.33. The molecular formula is C27H30FN3O5S. The predicted octanol–water partition coefficient (Wildman–Crippen LogP) is 3.87. The average molecular weight is 528 g/mol. The minimum atomic E-state index is -3.73. The van der Waals surface area contributed by atoms with Gasteiger partial charge in [0.2, 0.25) is 21.8 Å². The van der Waals surface area contributed by atoms with E-state index in [0.29, 0.717) is 55.7 Å². The molecule has 5 rings (SSSR count). The number of fused-ring (bicyclic) bond motifs is 1. The molecule has 37 heavy (non-hydrogen) atoms. The van der Waals surface area contributed by atoms with Gasteiger partial charge in [-0.25, -0.2) is 22.5 Å². The second-order valence-corrected chi connectivity index (χ2v) is 11.4. The fraction of sp³-hybridized carbons (Fsp3) is 0.407. The molecule has 196 valence electrons. The van der Waals surface area contributed by atoms with Crippen LogP contribution >= 0.6 is 0 Å². The molecule has 2 aliphatic rings. The zero-order valence-electron chi connectivity index (χ0n) is 20.5. The van der Waals surface area contributed by atoms with Crippen molar-refractivity contribution in [2.24, 2.45) is 5.92 Å². The second-order valence-electron chi connectivity index (χ2n) is 9.73. The summed E-state index contributed by atoms with van der Waals surface area (Å²) in [4.78, 5) is 17.4. The van der Waals surface area contributed by atoms with Crippen molar-refractivity contribution in [3.63, 3.8) is 0 Å². The Kier molecular flexibility index (Phi) is 7.41. The maximum Gasteiger partial charge on any atom is 0.240 e. The van der Waals surface area contributed by atoms with Crippen LogP contribution in [-0.2, 0) is 19.6 Å². The molecule has 0 spiro atoms. The minimum absolute atomic E-state index is 0.00756. The molecule has 2 heterocycles. The van der Waals surface area contributed by atoms with Crippen LogP contribution in [0.15, 0.2) is 59.5 Å². The van der Waals surface area contributed by atoms with Crippen molar-refractivity contribution in [1.29, 1.82) is 0 Å². The molecule has 0 radical (unpaired) electrons. The van der Waals surface area contributed by atoms with Crippen LogP contribution < -0.4 is 14.8 Å². The van der Waals surface area contributed by atoms with Gasteiger partial charge in [0.15, 0.2) is 0 Å². The maximum absolute atomic E-state index is 13.2. The molecule has 2 N–H and O–H groups in total. The maximum atomic E-state index is 13.2. The normalized spacial score (nSPS) is 21.2. The van der Waals surface area contributed by atoms with Crippen molar-refractivity contribution in [3.05, 3.63) is 66.0 Å². The second kappa shape index (κ2) is 10.7. The quantitative estimate of drug-likeness (QED) is 0.461. The molecule has 1 amide bonds. The summed E-state index contributed by atoms with van der Waals surface area (Å²) >= 11 is 0. The Hall–Kier alpha value is -3.08. The van der Waals surface area contributed by atoms with Gasteiger partial charge in [0.1, 0.15) is 11.9 Å². The first-order valence-corrected chi connectivity index (χ1v) is 14.0. The number of carbonyl (C=O) groups excluding carboxylic acids is 1. The number of nitrogens with zero attached hydrogens (tertiary/aromatic N) is 1. The van der Waals surface area contributed by atoms with Gasteiger partial charge >= 0.3 is 0 Å². The van der Waals surface area contributed by atoms with E-state index in [1.165, 1.54) is 12.1 Å². The topological polar surface area (TPSA) is 107 Å². The number of aromatic nitrogens is 1. The van der Waals surface area contributed by atoms with Crippen LogP contribution in [0.4, 0.5) is 4.39 Å². The zero-order chi connectivity index (χ0) is 26.0. The molecule has 8 nitrogen and oxygen atoms in total. The van der Waals surface area contributed by atoms with Crippen LogP contribution in [0.1, 0.15) is 44.2 Å². The van der Waals surface area contributed by atoms with E-state index < -0.39 is 10.0 Å². The fourth-order valence-corrected chi connectivity index (χ4v) is 6.04. The van der Waals surface area contributed by atoms with Crippen molar-refractivity contribution in [2.75, 3.05) is 13.2 Å². The molecule has 2 fully saturated rings. The highest BCUT2D eigenvalue weighted by Gasteiger charge is 2.30. The van der Waals surface area contributed by atoms with Crippen LogP contribution in [0.5, 0.6) is 5.88 Å². The van der Waals surface area contributed by atoms with Crippen molar-refractivity contribution >= 4 is 26.8 Å². The Morgan fingerprint density at radius 2 is 1.78 bits per heavy atom. The third-order valence-electron chi connectivity index (χ3n) is 6.99. The number of nitrogens with one attached hydrogen (secondary N) is 2. The van der Waals surface area contributed by atoms with Crippen LogP contribution in [0.3, 0.4) is 0 Å². The standard InChI is InChI=1S/C27H30FN3O5S/c1-17(18-2-7-21(28)8-3-18)29-27(32)19-4-9-22(10-5-19)31-37(33,34)24-11-12-25-20(14-24)6-13-26(30-25)36-23-15-35-16-23/h2-3,6-8,11-14,17,19,22-23,31H,4-5,9-10,15-16H2,1H3,(H,29,32)/t17-,19?,22?/m1/s1. The molecule has 1 aromatic heterocycles. The van der Waals surface area contributed by atoms with E-state index in [1.54, 1.807) is 42.5 Å². The van der Waals surface area contributed by atoms with Gasteiger partial charge in [0.25, 0.3) is 0 Å². The lowest BCUT2D eigenvalue weighted by Gasteiger charge is -2.29. The van der Waals surface area contributed by atoms with E-state index in [2.05, 4.69) is 15.0 Å². The Labute approximate surface area is 215 Å². The summed E-state index contributed by atoms with van der Waals surface area (Å²) in [5, 5.41) is 3.70. The molecule has 1 aliphatic carbocycles. The van der Waals surface area contributed by atoms with Gasteiger partial charge in [-0.1, -0.05) is 12.1 Å². The average Bonchev–Trinajstić information content (AvgIpc) is 2.86. The molecule has 1 saturated heterocycles. The zero-order valence-corrected chi connectivity index (χ0v) is 21.3. The van der Waals surface area contributed by atoms with Gasteiger partial charge < -0.3 is 14.8 Å². The summed E-state index contributed by atoms with van der Waals surface area (Å²) < 4.78 is 52.9. The van der Waals surface area contributed by atoms with Crippen LogP contribution in [-0.4, -0.2) is 44.7 Å². The van der Waals surface area contributed by atoms with E-state index in [1.807, 2.05) is 6.92 Å². The highest BCUT2D eigenvalue weighted by molar-refractivity contribution is 7.89. The number of amides is 1. The highest BCUT2D eigenvalue weighted by Crippen LogP contribution is 2.28. The molecule has 0 bridgehead atoms. The number of ether oxygens (including phenoxy) is 2. The Morgan fingerprint density at radius 1 is 1.05 bits per heavy atom. The summed E-state index contributed by atoms with van der Waals surface area (Å²) in [5.74, 6) is -0.0729. The van der Waals surface area contributed by atoms with Gasteiger partial charge in [0.05, 0.1) is 29.7 Å². The number of hydrogen-bond donors (Lipinski definition) is 2. The summed E-state index contributed by atoms with van der Waals surface area (Å²) in [6.45, 7) is 2.95. The molecule has 10 heteroatoms. The van der Waals surface area contributed by atoms with E-state index in [0.717, 1.165) is 5.56 Å². The largest absolute Gasteiger partial charge is 0.469 e. The Morgan fingerprint density at radius 3 is 2.46 bits per heavy atom. The lowest BCUT2D eigenvalue weighted by atomic mass is 9.85. The van der Waals surface area contributed by atoms with Crippen LogP contribution in [0, 0.1) is 11.7 Å². The third-order valence-corrected chi connectivity index (χ3v) is 8.51. The number of sulfonamides is 1. The summed E-state index contributed by atoms with van der Waals surface area (Å²) in [5.41, 5.74) is 1.48. The molecule has 1 aliphatic heterocycles. The van der Waals surface area contributed by atoms with Crippen molar-refractivity contribution in [2.45, 2.75) is 55.7 Å². The molecule has 3 aromatic rings. The van der Waals surface area contributed by atoms with Gasteiger partial charge in [-0.3, -0.25) is 4.79 Å². The SMILES string of the molecule is C[C@@H](NC(=O)C1CCC(NS(=O)(=O)c2ccc3nc(OC4COC4)ccc3c2)CC1)c1ccc(F)cc1. The predicted molar refractivity (Wildman–Crippen MR) is 136 cm³/mol. The summed E-state index contributed by atoms with van der Waals surface area (Å²) in [7, 11) is -3.73. The first-order valence-electron chi connectivity index (χ1n) is 12.5. The number of rotatable bonds is 8. The first kappa shape index (κ1) is 25.6. The highest BCUT2D eigenvalue weighted by atomic mass is 32.2. The Balaban J connectivity index is 1.15. The minimum Gasteiger partial charge on any atom is -0.469 e. The van der Waals surface area contributed by atoms with Crippen LogP contribution in [0.25, 0.3) is 10.9 Å². The van der Waals surface area contributed by atoms with Gasteiger partial charge in [0, 0.05) is 23.4 Å². The van der Waals surface area contributed by atoms with E-state index in [-0.39, 0.29) is 40.7 Å². The number of hydrogen-bond acceptors (Lipinski definition) is 6. The van der Waals surface area contributed by atoms with Crippen molar-refractivity contribution < 1.29 is 27.1 Å². The van der Waals surface area contributed by atoms with E-state index >= 15 is 0 Å². The number of halogens is 1. The fourth-order valence-electron chi connectivity index (χ4n) is 4.70. The number of benzene rings is 2. The lowest BCUT2D eigenvalue weighted by molar-refractivity contribution is -0.126. The van der Waals surface area contributed by atoms with E-state index in [4.69, 9.17) is 9.47 Å². The molecular weight excluding hydrogens is 497 g/mol. The van der Waals surface area contributed by atoms with Gasteiger partial charge in [-0.05, 0) is 74.6 Å². The van der Waals surface area contributed by atoms with E-state index in [9.17, 15) is 17.6 Å². The molecule has 1 saturated carbocycles. The smallest absolute Gasteiger partial charge is 0.240 e. The van der Waals surface area contributed by atoms with Gasteiger partial charge in [-0.2, -0.15) is 0 Å². The number of carbonyl (C=O) groups is 1. The lowest BCUT2D eigenvalue weighted by Crippen LogP contribution is -2.41. The summed E-state index contributed by atoms with van der Waals surface area (Å²) in [6, 6.07) is 14.0. The molecule has 2 aromatic carbocycles.